The molecule has 1 heterocycles. The van der Waals surface area contributed by atoms with Crippen molar-refractivity contribution >= 4 is 41.5 Å². The molecule has 0 bridgehead atoms. The Labute approximate surface area is 179 Å². The molecule has 3 rings (SSSR count). The zero-order valence-electron chi connectivity index (χ0n) is 16.8. The second-order valence-corrected chi connectivity index (χ2v) is 7.37. The molecule has 0 spiro atoms. The summed E-state index contributed by atoms with van der Waals surface area (Å²) in [5, 5.41) is 0.995. The van der Waals surface area contributed by atoms with Gasteiger partial charge in [-0.1, -0.05) is 43.7 Å². The third kappa shape index (κ3) is 4.91. The molecule has 2 aromatic carbocycles. The quantitative estimate of drug-likeness (QED) is 0.523. The SMILES string of the molecule is CC(=O)c1ccc2nc(CC(C)C)c(CN)c(-c3ccc(C)cc3)c2c1.Cl.Cl. The van der Waals surface area contributed by atoms with E-state index in [0.29, 0.717) is 18.0 Å². The van der Waals surface area contributed by atoms with Crippen LogP contribution >= 0.6 is 24.8 Å². The van der Waals surface area contributed by atoms with Crippen LogP contribution in [0, 0.1) is 12.8 Å². The van der Waals surface area contributed by atoms with Gasteiger partial charge in [-0.2, -0.15) is 0 Å². The number of aryl methyl sites for hydroxylation is 1. The van der Waals surface area contributed by atoms with E-state index in [1.807, 2.05) is 18.2 Å². The van der Waals surface area contributed by atoms with E-state index in [9.17, 15) is 4.79 Å². The number of fused-ring (bicyclic) bond motifs is 1. The Hall–Kier alpha value is -1.94. The Kier molecular flexibility index (Phi) is 8.62. The third-order valence-electron chi connectivity index (χ3n) is 4.72. The van der Waals surface area contributed by atoms with Gasteiger partial charge in [0.1, 0.15) is 0 Å². The normalized spacial score (nSPS) is 10.5. The zero-order chi connectivity index (χ0) is 18.8. The summed E-state index contributed by atoms with van der Waals surface area (Å²) in [7, 11) is 0. The van der Waals surface area contributed by atoms with Crippen LogP contribution in [0.25, 0.3) is 22.0 Å². The molecule has 150 valence electrons. The predicted octanol–water partition coefficient (Wildman–Crippen LogP) is 5.91. The van der Waals surface area contributed by atoms with Crippen LogP contribution in [-0.2, 0) is 13.0 Å². The lowest BCUT2D eigenvalue weighted by Gasteiger charge is -2.18. The van der Waals surface area contributed by atoms with Crippen LogP contribution in [0.4, 0.5) is 0 Å². The summed E-state index contributed by atoms with van der Waals surface area (Å²) in [5.74, 6) is 0.551. The van der Waals surface area contributed by atoms with Gasteiger partial charge in [0.05, 0.1) is 5.52 Å². The molecular weight excluding hydrogens is 391 g/mol. The lowest BCUT2D eigenvalue weighted by molar-refractivity contribution is 0.101. The first-order valence-corrected chi connectivity index (χ1v) is 9.14. The van der Waals surface area contributed by atoms with Crippen LogP contribution in [0.5, 0.6) is 0 Å². The van der Waals surface area contributed by atoms with E-state index in [4.69, 9.17) is 10.7 Å². The summed E-state index contributed by atoms with van der Waals surface area (Å²) in [5.41, 5.74) is 13.4. The van der Waals surface area contributed by atoms with Gasteiger partial charge in [0, 0.05) is 23.2 Å². The fourth-order valence-corrected chi connectivity index (χ4v) is 3.40. The summed E-state index contributed by atoms with van der Waals surface area (Å²) >= 11 is 0. The van der Waals surface area contributed by atoms with Crippen molar-refractivity contribution in [3.63, 3.8) is 0 Å². The molecule has 0 atom stereocenters. The van der Waals surface area contributed by atoms with Gasteiger partial charge in [0.2, 0.25) is 0 Å². The van der Waals surface area contributed by atoms with Crippen molar-refractivity contribution < 1.29 is 4.79 Å². The molecule has 0 radical (unpaired) electrons. The molecule has 5 heteroatoms. The van der Waals surface area contributed by atoms with Gasteiger partial charge in [-0.05, 0) is 61.1 Å². The largest absolute Gasteiger partial charge is 0.326 e. The van der Waals surface area contributed by atoms with Crippen molar-refractivity contribution in [1.29, 1.82) is 0 Å². The lowest BCUT2D eigenvalue weighted by Crippen LogP contribution is -2.10. The number of ketones is 1. The molecule has 0 amide bonds. The van der Waals surface area contributed by atoms with E-state index in [1.165, 1.54) is 5.56 Å². The molecule has 0 aliphatic rings. The highest BCUT2D eigenvalue weighted by molar-refractivity contribution is 6.03. The van der Waals surface area contributed by atoms with Gasteiger partial charge in [0.25, 0.3) is 0 Å². The molecule has 2 N–H and O–H groups in total. The summed E-state index contributed by atoms with van der Waals surface area (Å²) < 4.78 is 0. The topological polar surface area (TPSA) is 56.0 Å². The first-order chi connectivity index (χ1) is 12.4. The second kappa shape index (κ2) is 10.0. The number of pyridine rings is 1. The van der Waals surface area contributed by atoms with E-state index in [0.717, 1.165) is 39.7 Å². The summed E-state index contributed by atoms with van der Waals surface area (Å²) in [6.45, 7) is 8.49. The van der Waals surface area contributed by atoms with E-state index in [2.05, 4.69) is 45.0 Å². The number of nitrogens with zero attached hydrogens (tertiary/aromatic N) is 1. The Morgan fingerprint density at radius 1 is 1.07 bits per heavy atom. The fraction of sp³-hybridized carbons (Fsp3) is 0.304. The van der Waals surface area contributed by atoms with Crippen molar-refractivity contribution in [2.45, 2.75) is 40.7 Å². The van der Waals surface area contributed by atoms with Crippen LogP contribution in [0.1, 0.15) is 48.0 Å². The van der Waals surface area contributed by atoms with Gasteiger partial charge >= 0.3 is 0 Å². The van der Waals surface area contributed by atoms with Crippen LogP contribution in [0.2, 0.25) is 0 Å². The number of hydrogen-bond donors (Lipinski definition) is 1. The fourth-order valence-electron chi connectivity index (χ4n) is 3.40. The third-order valence-corrected chi connectivity index (χ3v) is 4.72. The van der Waals surface area contributed by atoms with Crippen LogP contribution < -0.4 is 5.73 Å². The Morgan fingerprint density at radius 2 is 1.71 bits per heavy atom. The van der Waals surface area contributed by atoms with Gasteiger partial charge in [-0.15, -0.1) is 24.8 Å². The van der Waals surface area contributed by atoms with Crippen molar-refractivity contribution in [1.82, 2.24) is 4.98 Å². The van der Waals surface area contributed by atoms with Crippen molar-refractivity contribution in [3.05, 3.63) is 64.8 Å². The van der Waals surface area contributed by atoms with E-state index in [-0.39, 0.29) is 30.6 Å². The standard InChI is InChI=1S/C23H26N2O.2ClH/c1-14(2)11-22-20(13-24)23(17-7-5-15(3)6-8-17)19-12-18(16(4)26)9-10-21(19)25-22;;/h5-10,12,14H,11,13,24H2,1-4H3;2*1H. The summed E-state index contributed by atoms with van der Waals surface area (Å²) in [6, 6.07) is 14.2. The zero-order valence-corrected chi connectivity index (χ0v) is 18.4. The summed E-state index contributed by atoms with van der Waals surface area (Å²) in [4.78, 5) is 16.8. The van der Waals surface area contributed by atoms with Crippen LogP contribution in [-0.4, -0.2) is 10.8 Å². The maximum absolute atomic E-state index is 11.9. The molecule has 0 saturated carbocycles. The molecule has 0 fully saturated rings. The van der Waals surface area contributed by atoms with Crippen LogP contribution in [0.15, 0.2) is 42.5 Å². The number of carbonyl (C=O) groups excluding carboxylic acids is 1. The minimum atomic E-state index is 0. The Bertz CT molecular complexity index is 966. The average molecular weight is 419 g/mol. The molecule has 0 aliphatic carbocycles. The number of carbonyl (C=O) groups is 1. The second-order valence-electron chi connectivity index (χ2n) is 7.37. The molecule has 3 nitrogen and oxygen atoms in total. The average Bonchev–Trinajstić information content (AvgIpc) is 2.60. The minimum Gasteiger partial charge on any atom is -0.326 e. The first kappa shape index (κ1) is 24.1. The lowest BCUT2D eigenvalue weighted by atomic mass is 9.90. The number of rotatable bonds is 5. The van der Waals surface area contributed by atoms with Crippen molar-refractivity contribution in [2.75, 3.05) is 0 Å². The highest BCUT2D eigenvalue weighted by Crippen LogP contribution is 2.34. The highest BCUT2D eigenvalue weighted by Gasteiger charge is 2.17. The molecule has 3 aromatic rings. The molecule has 0 unspecified atom stereocenters. The van der Waals surface area contributed by atoms with Crippen LogP contribution in [0.3, 0.4) is 0 Å². The Morgan fingerprint density at radius 3 is 2.25 bits per heavy atom. The van der Waals surface area contributed by atoms with Crippen molar-refractivity contribution in [3.8, 4) is 11.1 Å². The number of halogens is 2. The summed E-state index contributed by atoms with van der Waals surface area (Å²) in [6.07, 6.45) is 0.885. The minimum absolute atomic E-state index is 0. The van der Waals surface area contributed by atoms with E-state index >= 15 is 0 Å². The molecule has 0 saturated heterocycles. The van der Waals surface area contributed by atoms with E-state index in [1.54, 1.807) is 6.92 Å². The molecule has 0 aliphatic heterocycles. The predicted molar refractivity (Wildman–Crippen MR) is 123 cm³/mol. The highest BCUT2D eigenvalue weighted by atomic mass is 35.5. The van der Waals surface area contributed by atoms with Gasteiger partial charge in [-0.25, -0.2) is 0 Å². The maximum atomic E-state index is 11.9. The number of nitrogens with two attached hydrogens (primary N) is 1. The number of benzene rings is 2. The Balaban J connectivity index is 0.00000196. The van der Waals surface area contributed by atoms with Gasteiger partial charge in [0.15, 0.2) is 5.78 Å². The smallest absolute Gasteiger partial charge is 0.159 e. The molecular formula is C23H28Cl2N2O. The number of aromatic nitrogens is 1. The van der Waals surface area contributed by atoms with Gasteiger partial charge in [-0.3, -0.25) is 9.78 Å². The number of hydrogen-bond acceptors (Lipinski definition) is 3. The molecule has 28 heavy (non-hydrogen) atoms. The molecule has 1 aromatic heterocycles. The monoisotopic (exact) mass is 418 g/mol. The number of Topliss-reactive ketones (excluding diaryl/α,β-unsaturated/α-hetero) is 1. The maximum Gasteiger partial charge on any atom is 0.159 e. The van der Waals surface area contributed by atoms with Crippen molar-refractivity contribution in [2.24, 2.45) is 11.7 Å². The first-order valence-electron chi connectivity index (χ1n) is 9.14. The van der Waals surface area contributed by atoms with E-state index < -0.39 is 0 Å². The van der Waals surface area contributed by atoms with Gasteiger partial charge < -0.3 is 5.73 Å².